The summed E-state index contributed by atoms with van der Waals surface area (Å²) in [6, 6.07) is 3.54. The zero-order chi connectivity index (χ0) is 17.9. The molecule has 1 N–H and O–H groups in total. The molecule has 3 aromatic rings. The average molecular weight is 353 g/mol. The molecule has 1 amide bonds. The molecule has 4 rings (SSSR count). The van der Waals surface area contributed by atoms with E-state index >= 15 is 0 Å². The molecule has 0 radical (unpaired) electrons. The molecule has 0 aromatic carbocycles. The Hall–Kier alpha value is -2.67. The molecule has 0 saturated carbocycles. The van der Waals surface area contributed by atoms with Gasteiger partial charge in [0.05, 0.1) is 11.6 Å². The van der Waals surface area contributed by atoms with Gasteiger partial charge in [0.15, 0.2) is 0 Å². The van der Waals surface area contributed by atoms with Gasteiger partial charge in [0, 0.05) is 50.7 Å². The number of aryl methyl sites for hydroxylation is 1. The van der Waals surface area contributed by atoms with Crippen molar-refractivity contribution in [2.45, 2.75) is 32.4 Å². The van der Waals surface area contributed by atoms with E-state index < -0.39 is 0 Å². The second-order valence-corrected chi connectivity index (χ2v) is 6.58. The van der Waals surface area contributed by atoms with E-state index in [1.165, 1.54) is 0 Å². The largest absolute Gasteiger partial charge is 0.381 e. The molecule has 4 heterocycles. The number of imidazole rings is 2. The van der Waals surface area contributed by atoms with Crippen molar-refractivity contribution < 1.29 is 9.53 Å². The van der Waals surface area contributed by atoms with E-state index in [0.717, 1.165) is 44.1 Å². The number of rotatable bonds is 5. The standard InChI is InChI=1S/C19H23N5O2/c1-2-23-9-8-21-18(23)17(14-5-11-26-12-6-14)22-19(25)15-3-4-16-20-7-10-24(16)13-15/h3-4,7-10,13-14,17H,2,5-6,11-12H2,1H3,(H,22,25)/t17-/m0/s1. The summed E-state index contributed by atoms with van der Waals surface area (Å²) < 4.78 is 9.45. The van der Waals surface area contributed by atoms with Crippen LogP contribution in [0.3, 0.4) is 0 Å². The number of hydrogen-bond acceptors (Lipinski definition) is 4. The first-order valence-corrected chi connectivity index (χ1v) is 9.08. The van der Waals surface area contributed by atoms with Gasteiger partial charge in [0.25, 0.3) is 5.91 Å². The van der Waals surface area contributed by atoms with Gasteiger partial charge in [-0.1, -0.05) is 0 Å². The molecule has 0 bridgehead atoms. The van der Waals surface area contributed by atoms with Gasteiger partial charge in [-0.05, 0) is 37.8 Å². The van der Waals surface area contributed by atoms with E-state index in [2.05, 4.69) is 26.8 Å². The summed E-state index contributed by atoms with van der Waals surface area (Å²) in [7, 11) is 0. The Kier molecular flexibility index (Phi) is 4.71. The highest BCUT2D eigenvalue weighted by Gasteiger charge is 2.30. The van der Waals surface area contributed by atoms with Gasteiger partial charge in [0.1, 0.15) is 11.5 Å². The molecule has 136 valence electrons. The van der Waals surface area contributed by atoms with Crippen LogP contribution in [0.15, 0.2) is 43.1 Å². The predicted octanol–water partition coefficient (Wildman–Crippen LogP) is 2.45. The van der Waals surface area contributed by atoms with Crippen molar-refractivity contribution in [3.8, 4) is 0 Å². The monoisotopic (exact) mass is 353 g/mol. The van der Waals surface area contributed by atoms with Gasteiger partial charge in [-0.2, -0.15) is 0 Å². The molecule has 0 unspecified atom stereocenters. The lowest BCUT2D eigenvalue weighted by Gasteiger charge is -2.31. The summed E-state index contributed by atoms with van der Waals surface area (Å²) in [6.07, 6.45) is 11.0. The van der Waals surface area contributed by atoms with Crippen LogP contribution >= 0.6 is 0 Å². The van der Waals surface area contributed by atoms with Crippen molar-refractivity contribution in [2.24, 2.45) is 5.92 Å². The van der Waals surface area contributed by atoms with Crippen LogP contribution in [0.25, 0.3) is 5.65 Å². The Balaban J connectivity index is 1.61. The molecule has 0 spiro atoms. The number of pyridine rings is 1. The van der Waals surface area contributed by atoms with Gasteiger partial charge in [-0.25, -0.2) is 9.97 Å². The second-order valence-electron chi connectivity index (χ2n) is 6.58. The molecular weight excluding hydrogens is 330 g/mol. The van der Waals surface area contributed by atoms with Gasteiger partial charge < -0.3 is 19.0 Å². The van der Waals surface area contributed by atoms with Gasteiger partial charge in [0.2, 0.25) is 0 Å². The smallest absolute Gasteiger partial charge is 0.253 e. The number of nitrogens with one attached hydrogen (secondary N) is 1. The van der Waals surface area contributed by atoms with Crippen LogP contribution in [0.5, 0.6) is 0 Å². The van der Waals surface area contributed by atoms with Gasteiger partial charge in [-0.3, -0.25) is 4.79 Å². The summed E-state index contributed by atoms with van der Waals surface area (Å²) in [5, 5.41) is 3.23. The fraction of sp³-hybridized carbons (Fsp3) is 0.421. The first-order valence-electron chi connectivity index (χ1n) is 9.08. The molecule has 1 fully saturated rings. The molecule has 1 saturated heterocycles. The molecule has 1 atom stereocenters. The Morgan fingerprint density at radius 3 is 2.88 bits per heavy atom. The summed E-state index contributed by atoms with van der Waals surface area (Å²) in [5.74, 6) is 1.14. The number of fused-ring (bicyclic) bond motifs is 1. The Morgan fingerprint density at radius 2 is 2.08 bits per heavy atom. The zero-order valence-electron chi connectivity index (χ0n) is 14.8. The zero-order valence-corrected chi connectivity index (χ0v) is 14.8. The van der Waals surface area contributed by atoms with E-state index in [0.29, 0.717) is 11.5 Å². The third kappa shape index (κ3) is 3.22. The minimum atomic E-state index is -0.125. The number of carbonyl (C=O) groups excluding carboxylic acids is 1. The number of nitrogens with zero attached hydrogens (tertiary/aromatic N) is 4. The van der Waals surface area contributed by atoms with Crippen LogP contribution in [0.4, 0.5) is 0 Å². The first kappa shape index (κ1) is 16.8. The maximum Gasteiger partial charge on any atom is 0.253 e. The number of aromatic nitrogens is 4. The first-order chi connectivity index (χ1) is 12.8. The van der Waals surface area contributed by atoms with Crippen molar-refractivity contribution >= 4 is 11.6 Å². The highest BCUT2D eigenvalue weighted by Crippen LogP contribution is 2.29. The van der Waals surface area contributed by atoms with E-state index in [1.54, 1.807) is 12.4 Å². The molecule has 0 aliphatic carbocycles. The lowest BCUT2D eigenvalue weighted by Crippen LogP contribution is -2.37. The summed E-state index contributed by atoms with van der Waals surface area (Å²) in [5.41, 5.74) is 1.44. The molecule has 1 aliphatic rings. The van der Waals surface area contributed by atoms with Crippen LogP contribution in [0.1, 0.15) is 42.0 Å². The quantitative estimate of drug-likeness (QED) is 0.765. The van der Waals surface area contributed by atoms with Gasteiger partial charge >= 0.3 is 0 Å². The molecule has 1 aliphatic heterocycles. The Labute approximate surface area is 152 Å². The Bertz CT molecular complexity index is 894. The van der Waals surface area contributed by atoms with E-state index in [1.807, 2.05) is 35.1 Å². The van der Waals surface area contributed by atoms with Crippen LogP contribution in [-0.4, -0.2) is 38.1 Å². The summed E-state index contributed by atoms with van der Waals surface area (Å²) >= 11 is 0. The molecular formula is C19H23N5O2. The molecule has 3 aromatic heterocycles. The highest BCUT2D eigenvalue weighted by molar-refractivity contribution is 5.94. The third-order valence-electron chi connectivity index (χ3n) is 5.04. The maximum absolute atomic E-state index is 12.9. The van der Waals surface area contributed by atoms with E-state index in [4.69, 9.17) is 4.74 Å². The topological polar surface area (TPSA) is 73.5 Å². The van der Waals surface area contributed by atoms with Crippen molar-refractivity contribution in [1.29, 1.82) is 0 Å². The van der Waals surface area contributed by atoms with E-state index in [9.17, 15) is 4.79 Å². The number of ether oxygens (including phenoxy) is 1. The van der Waals surface area contributed by atoms with Crippen molar-refractivity contribution in [3.05, 3.63) is 54.5 Å². The van der Waals surface area contributed by atoms with Crippen LogP contribution in [0.2, 0.25) is 0 Å². The lowest BCUT2D eigenvalue weighted by molar-refractivity contribution is 0.0498. The minimum absolute atomic E-state index is 0.0947. The summed E-state index contributed by atoms with van der Waals surface area (Å²) in [6.45, 7) is 4.36. The normalized spacial score (nSPS) is 16.7. The fourth-order valence-electron chi connectivity index (χ4n) is 3.59. The second kappa shape index (κ2) is 7.29. The maximum atomic E-state index is 12.9. The van der Waals surface area contributed by atoms with Crippen molar-refractivity contribution in [2.75, 3.05) is 13.2 Å². The molecule has 26 heavy (non-hydrogen) atoms. The van der Waals surface area contributed by atoms with Crippen molar-refractivity contribution in [1.82, 2.24) is 24.3 Å². The number of hydrogen-bond donors (Lipinski definition) is 1. The SMILES string of the molecule is CCn1ccnc1[C@@H](NC(=O)c1ccc2nccn2c1)C1CCOCC1. The number of amides is 1. The fourth-order valence-corrected chi connectivity index (χ4v) is 3.59. The third-order valence-corrected chi connectivity index (χ3v) is 5.04. The predicted molar refractivity (Wildman–Crippen MR) is 96.8 cm³/mol. The molecule has 7 nitrogen and oxygen atoms in total. The van der Waals surface area contributed by atoms with Gasteiger partial charge in [-0.15, -0.1) is 0 Å². The van der Waals surface area contributed by atoms with Crippen LogP contribution in [-0.2, 0) is 11.3 Å². The van der Waals surface area contributed by atoms with Crippen LogP contribution < -0.4 is 5.32 Å². The molecule has 7 heteroatoms. The van der Waals surface area contributed by atoms with E-state index in [-0.39, 0.29) is 11.9 Å². The Morgan fingerprint density at radius 1 is 1.27 bits per heavy atom. The number of carbonyl (C=O) groups is 1. The average Bonchev–Trinajstić information content (AvgIpc) is 3.34. The van der Waals surface area contributed by atoms with Crippen molar-refractivity contribution in [3.63, 3.8) is 0 Å². The van der Waals surface area contributed by atoms with Crippen LogP contribution in [0, 0.1) is 5.92 Å². The lowest BCUT2D eigenvalue weighted by atomic mass is 9.90. The minimum Gasteiger partial charge on any atom is -0.381 e. The highest BCUT2D eigenvalue weighted by atomic mass is 16.5. The summed E-state index contributed by atoms with van der Waals surface area (Å²) in [4.78, 5) is 21.7.